The molecule has 0 aliphatic carbocycles. The van der Waals surface area contributed by atoms with Gasteiger partial charge in [0, 0.05) is 18.3 Å². The SMILES string of the molecule is CNc1nc2cnc(-c3cccc4ccccc34)cc2n1-c1ccccc1. The predicted octanol–water partition coefficient (Wildman–Crippen LogP) is 5.28. The van der Waals surface area contributed by atoms with E-state index in [1.165, 1.54) is 10.8 Å². The fourth-order valence-corrected chi connectivity index (χ4v) is 3.58. The van der Waals surface area contributed by atoms with Crippen molar-refractivity contribution in [1.29, 1.82) is 0 Å². The van der Waals surface area contributed by atoms with Crippen LogP contribution in [0.15, 0.2) is 85.1 Å². The summed E-state index contributed by atoms with van der Waals surface area (Å²) in [4.78, 5) is 9.40. The molecule has 0 bridgehead atoms. The fraction of sp³-hybridized carbons (Fsp3) is 0.0435. The Hall–Kier alpha value is -3.66. The van der Waals surface area contributed by atoms with Gasteiger partial charge >= 0.3 is 0 Å². The fourth-order valence-electron chi connectivity index (χ4n) is 3.58. The number of nitrogens with one attached hydrogen (secondary N) is 1. The summed E-state index contributed by atoms with van der Waals surface area (Å²) in [6.07, 6.45) is 1.85. The van der Waals surface area contributed by atoms with E-state index in [0.29, 0.717) is 0 Å². The highest BCUT2D eigenvalue weighted by Gasteiger charge is 2.14. The van der Waals surface area contributed by atoms with Crippen LogP contribution in [0, 0.1) is 0 Å². The lowest BCUT2D eigenvalue weighted by Gasteiger charge is -2.10. The molecular formula is C23H18N4. The lowest BCUT2D eigenvalue weighted by Crippen LogP contribution is -2.01. The van der Waals surface area contributed by atoms with E-state index in [9.17, 15) is 0 Å². The largest absolute Gasteiger partial charge is 0.358 e. The van der Waals surface area contributed by atoms with Crippen LogP contribution in [0.1, 0.15) is 0 Å². The summed E-state index contributed by atoms with van der Waals surface area (Å²) in [5.74, 6) is 0.799. The average molecular weight is 350 g/mol. The van der Waals surface area contributed by atoms with Crippen LogP contribution >= 0.6 is 0 Å². The first-order valence-electron chi connectivity index (χ1n) is 8.95. The van der Waals surface area contributed by atoms with Crippen molar-refractivity contribution in [3.63, 3.8) is 0 Å². The lowest BCUT2D eigenvalue weighted by molar-refractivity contribution is 1.09. The number of rotatable bonds is 3. The van der Waals surface area contributed by atoms with Crippen molar-refractivity contribution in [2.45, 2.75) is 0 Å². The normalized spacial score (nSPS) is 11.1. The summed E-state index contributed by atoms with van der Waals surface area (Å²) in [5, 5.41) is 5.61. The highest BCUT2D eigenvalue weighted by Crippen LogP contribution is 2.31. The van der Waals surface area contributed by atoms with Crippen molar-refractivity contribution in [1.82, 2.24) is 14.5 Å². The van der Waals surface area contributed by atoms with Crippen LogP contribution in [-0.2, 0) is 0 Å². The third-order valence-electron chi connectivity index (χ3n) is 4.84. The number of anilines is 1. The van der Waals surface area contributed by atoms with Crippen molar-refractivity contribution in [2.24, 2.45) is 0 Å². The maximum Gasteiger partial charge on any atom is 0.208 e. The van der Waals surface area contributed by atoms with Crippen molar-refractivity contribution in [3.05, 3.63) is 85.1 Å². The minimum absolute atomic E-state index is 0.799. The van der Waals surface area contributed by atoms with Crippen LogP contribution in [0.25, 0.3) is 38.8 Å². The van der Waals surface area contributed by atoms with Crippen LogP contribution in [-0.4, -0.2) is 21.6 Å². The highest BCUT2D eigenvalue weighted by atomic mass is 15.2. The molecule has 1 N–H and O–H groups in total. The molecule has 2 heterocycles. The zero-order valence-electron chi connectivity index (χ0n) is 14.9. The third kappa shape index (κ3) is 2.54. The molecule has 4 nitrogen and oxygen atoms in total. The quantitative estimate of drug-likeness (QED) is 0.481. The summed E-state index contributed by atoms with van der Waals surface area (Å²) < 4.78 is 2.13. The average Bonchev–Trinajstić information content (AvgIpc) is 3.11. The molecule has 0 spiro atoms. The van der Waals surface area contributed by atoms with Gasteiger partial charge in [0.15, 0.2) is 0 Å². The summed E-state index contributed by atoms with van der Waals surface area (Å²) in [5.41, 5.74) is 5.04. The molecule has 0 aliphatic heterocycles. The Bertz CT molecular complexity index is 1250. The Morgan fingerprint density at radius 3 is 2.48 bits per heavy atom. The molecule has 2 aromatic heterocycles. The molecule has 0 atom stereocenters. The number of fused-ring (bicyclic) bond motifs is 2. The number of para-hydroxylation sites is 1. The van der Waals surface area contributed by atoms with Crippen LogP contribution in [0.3, 0.4) is 0 Å². The molecule has 0 fully saturated rings. The Kier molecular flexibility index (Phi) is 3.61. The topological polar surface area (TPSA) is 42.7 Å². The Labute approximate surface area is 157 Å². The number of imidazole rings is 1. The van der Waals surface area contributed by atoms with E-state index >= 15 is 0 Å². The first-order valence-corrected chi connectivity index (χ1v) is 8.95. The van der Waals surface area contributed by atoms with Gasteiger partial charge < -0.3 is 5.32 Å². The van der Waals surface area contributed by atoms with Gasteiger partial charge in [-0.25, -0.2) is 4.98 Å². The summed E-state index contributed by atoms with van der Waals surface area (Å²) >= 11 is 0. The van der Waals surface area contributed by atoms with Gasteiger partial charge in [-0.15, -0.1) is 0 Å². The smallest absolute Gasteiger partial charge is 0.208 e. The zero-order chi connectivity index (χ0) is 18.2. The van der Waals surface area contributed by atoms with Gasteiger partial charge in [0.05, 0.1) is 17.4 Å². The molecule has 0 radical (unpaired) electrons. The maximum atomic E-state index is 4.71. The van der Waals surface area contributed by atoms with Crippen LogP contribution in [0.4, 0.5) is 5.95 Å². The van der Waals surface area contributed by atoms with Gasteiger partial charge in [-0.3, -0.25) is 9.55 Å². The molecule has 4 heteroatoms. The number of hydrogen-bond donors (Lipinski definition) is 1. The first kappa shape index (κ1) is 15.6. The van der Waals surface area contributed by atoms with Crippen molar-refractivity contribution >= 4 is 27.8 Å². The van der Waals surface area contributed by atoms with E-state index in [4.69, 9.17) is 9.97 Å². The number of nitrogens with zero attached hydrogens (tertiary/aromatic N) is 3. The van der Waals surface area contributed by atoms with Crippen molar-refractivity contribution in [2.75, 3.05) is 12.4 Å². The van der Waals surface area contributed by atoms with Gasteiger partial charge in [-0.1, -0.05) is 60.7 Å². The van der Waals surface area contributed by atoms with Crippen molar-refractivity contribution in [3.8, 4) is 16.9 Å². The summed E-state index contributed by atoms with van der Waals surface area (Å²) in [6, 6.07) is 27.1. The minimum Gasteiger partial charge on any atom is -0.358 e. The van der Waals surface area contributed by atoms with E-state index in [1.54, 1.807) is 0 Å². The van der Waals surface area contributed by atoms with E-state index in [-0.39, 0.29) is 0 Å². The molecule has 0 amide bonds. The van der Waals surface area contributed by atoms with E-state index in [1.807, 2.05) is 31.4 Å². The van der Waals surface area contributed by atoms with E-state index < -0.39 is 0 Å². The van der Waals surface area contributed by atoms with E-state index in [2.05, 4.69) is 70.5 Å². The Morgan fingerprint density at radius 1 is 0.852 bits per heavy atom. The number of benzene rings is 3. The van der Waals surface area contributed by atoms with Gasteiger partial charge in [0.1, 0.15) is 5.52 Å². The molecule has 5 aromatic rings. The third-order valence-corrected chi connectivity index (χ3v) is 4.84. The molecule has 0 aliphatic rings. The highest BCUT2D eigenvalue weighted by molar-refractivity contribution is 5.97. The summed E-state index contributed by atoms with van der Waals surface area (Å²) in [7, 11) is 1.89. The minimum atomic E-state index is 0.799. The van der Waals surface area contributed by atoms with Gasteiger partial charge in [-0.2, -0.15) is 0 Å². The second-order valence-electron chi connectivity index (χ2n) is 6.44. The standard InChI is InChI=1S/C23H18N4/c1-24-23-26-21-15-25-20(14-22(21)27(23)17-10-3-2-4-11-17)19-13-7-9-16-8-5-6-12-18(16)19/h2-15H,1H3,(H,24,26). The maximum absolute atomic E-state index is 4.71. The molecule has 0 unspecified atom stereocenters. The number of hydrogen-bond acceptors (Lipinski definition) is 3. The first-order chi connectivity index (χ1) is 13.3. The lowest BCUT2D eigenvalue weighted by atomic mass is 10.0. The molecule has 0 saturated carbocycles. The molecule has 5 rings (SSSR count). The second kappa shape index (κ2) is 6.25. The van der Waals surface area contributed by atoms with Gasteiger partial charge in [0.2, 0.25) is 5.95 Å². The Balaban J connectivity index is 1.78. The van der Waals surface area contributed by atoms with Crippen LogP contribution in [0.5, 0.6) is 0 Å². The molecule has 3 aromatic carbocycles. The zero-order valence-corrected chi connectivity index (χ0v) is 14.9. The molecule has 27 heavy (non-hydrogen) atoms. The van der Waals surface area contributed by atoms with Gasteiger partial charge in [-0.05, 0) is 29.0 Å². The summed E-state index contributed by atoms with van der Waals surface area (Å²) in [6.45, 7) is 0. The van der Waals surface area contributed by atoms with Crippen LogP contribution in [0.2, 0.25) is 0 Å². The molecule has 0 saturated heterocycles. The number of pyridine rings is 1. The van der Waals surface area contributed by atoms with Gasteiger partial charge in [0.25, 0.3) is 0 Å². The molecule has 130 valence electrons. The van der Waals surface area contributed by atoms with Crippen LogP contribution < -0.4 is 5.32 Å². The molecular weight excluding hydrogens is 332 g/mol. The van der Waals surface area contributed by atoms with E-state index in [0.717, 1.165) is 33.9 Å². The Morgan fingerprint density at radius 2 is 1.63 bits per heavy atom. The monoisotopic (exact) mass is 350 g/mol. The number of aromatic nitrogens is 3. The van der Waals surface area contributed by atoms with Crippen molar-refractivity contribution < 1.29 is 0 Å². The second-order valence-corrected chi connectivity index (χ2v) is 6.44. The predicted molar refractivity (Wildman–Crippen MR) is 111 cm³/mol.